The van der Waals surface area contributed by atoms with Gasteiger partial charge in [-0.05, 0) is 44.9 Å². The lowest BCUT2D eigenvalue weighted by Gasteiger charge is -2.48. The molecule has 5 rings (SSSR count). The molecule has 5 heterocycles. The smallest absolute Gasteiger partial charge is 0.364 e. The summed E-state index contributed by atoms with van der Waals surface area (Å²) in [4.78, 5) is 85.6. The van der Waals surface area contributed by atoms with Crippen LogP contribution in [0, 0.1) is 0 Å². The topological polar surface area (TPSA) is 438 Å². The Kier molecular flexibility index (Phi) is 25.9. The van der Waals surface area contributed by atoms with Crippen LogP contribution >= 0.6 is 11.8 Å². The van der Waals surface area contributed by atoms with Gasteiger partial charge in [0.05, 0.1) is 44.1 Å². The van der Waals surface area contributed by atoms with E-state index < -0.39 is 148 Å². The molecule has 5 aliphatic heterocycles. The molecule has 0 bridgehead atoms. The lowest BCUT2D eigenvalue weighted by molar-refractivity contribution is -0.360. The van der Waals surface area contributed by atoms with Crippen LogP contribution in [0.5, 0.6) is 0 Å². The molecule has 0 saturated carbocycles. The third-order valence-corrected chi connectivity index (χ3v) is 15.5. The summed E-state index contributed by atoms with van der Waals surface area (Å²) in [6.07, 6.45) is -17.4. The number of unbranched alkanes of at least 4 members (excludes halogenated alkanes) is 5. The zero-order chi connectivity index (χ0) is 57.3. The van der Waals surface area contributed by atoms with Crippen molar-refractivity contribution in [1.29, 1.82) is 0 Å². The van der Waals surface area contributed by atoms with Crippen LogP contribution in [0.4, 0.5) is 4.79 Å². The molecule has 0 spiro atoms. The second-order valence-corrected chi connectivity index (χ2v) is 21.4. The molecule has 6 amide bonds. The van der Waals surface area contributed by atoms with Gasteiger partial charge < -0.3 is 111 Å². The number of amides is 6. The van der Waals surface area contributed by atoms with E-state index in [0.29, 0.717) is 56.9 Å². The second kappa shape index (κ2) is 31.2. The molecule has 0 aromatic carbocycles. The van der Waals surface area contributed by atoms with E-state index in [1.165, 1.54) is 0 Å². The molecule has 15 N–H and O–H groups in total. The highest BCUT2D eigenvalue weighted by Crippen LogP contribution is 2.37. The van der Waals surface area contributed by atoms with Crippen LogP contribution in [0.2, 0.25) is 0 Å². The van der Waals surface area contributed by atoms with Crippen LogP contribution in [0.15, 0.2) is 0 Å². The predicted octanol–water partition coefficient (Wildman–Crippen LogP) is -4.80. The summed E-state index contributed by atoms with van der Waals surface area (Å²) in [6, 6.07) is -2.65. The zero-order valence-electron chi connectivity index (χ0n) is 44.0. The molecule has 0 unspecified atom stereocenters. The summed E-state index contributed by atoms with van der Waals surface area (Å²) < 4.78 is 39.9. The minimum absolute atomic E-state index is 0.00135. The largest absolute Gasteiger partial charge is 0.477 e. The summed E-state index contributed by atoms with van der Waals surface area (Å²) in [6.45, 7) is 1.24. The van der Waals surface area contributed by atoms with Crippen molar-refractivity contribution in [3.8, 4) is 0 Å². The first kappa shape index (κ1) is 64.7. The molecule has 0 radical (unpaired) electrons. The fraction of sp³-hybridized carbons (Fsp3) is 0.854. The van der Waals surface area contributed by atoms with Crippen LogP contribution in [0.3, 0.4) is 0 Å². The number of hydrogen-bond donors (Lipinski definition) is 15. The van der Waals surface area contributed by atoms with E-state index in [0.717, 1.165) is 58.6 Å². The Bertz CT molecular complexity index is 1990. The third-order valence-electron chi connectivity index (χ3n) is 14.0. The van der Waals surface area contributed by atoms with Crippen molar-refractivity contribution in [2.24, 2.45) is 0 Å². The van der Waals surface area contributed by atoms with Crippen molar-refractivity contribution in [2.75, 3.05) is 45.3 Å². The molecule has 446 valence electrons. The summed E-state index contributed by atoms with van der Waals surface area (Å²) in [5.74, 6) is -6.42. The van der Waals surface area contributed by atoms with Gasteiger partial charge in [-0.1, -0.05) is 12.8 Å². The van der Waals surface area contributed by atoms with E-state index >= 15 is 0 Å². The van der Waals surface area contributed by atoms with Gasteiger partial charge in [0.25, 0.3) is 5.79 Å². The molecule has 5 saturated heterocycles. The minimum Gasteiger partial charge on any atom is -0.477 e. The Morgan fingerprint density at radius 2 is 1.40 bits per heavy atom. The number of carboxylic acids is 1. The van der Waals surface area contributed by atoms with E-state index in [1.54, 1.807) is 0 Å². The van der Waals surface area contributed by atoms with E-state index in [2.05, 4.69) is 31.9 Å². The monoisotopic (exact) mass is 1140 g/mol. The number of aliphatic hydroxyl groups is 8. The van der Waals surface area contributed by atoms with Gasteiger partial charge >= 0.3 is 18.0 Å². The summed E-state index contributed by atoms with van der Waals surface area (Å²) >= 11 is 1.86. The maximum Gasteiger partial charge on any atom is 0.364 e. The average molecular weight is 1140 g/mol. The highest BCUT2D eigenvalue weighted by atomic mass is 32.2. The Morgan fingerprint density at radius 1 is 0.769 bits per heavy atom. The lowest BCUT2D eigenvalue weighted by atomic mass is 9.88. The van der Waals surface area contributed by atoms with Crippen LogP contribution in [0.25, 0.3) is 0 Å². The highest BCUT2D eigenvalue weighted by molar-refractivity contribution is 8.00. The number of thioether (sulfide) groups is 1. The fourth-order valence-electron chi connectivity index (χ4n) is 10.0. The summed E-state index contributed by atoms with van der Waals surface area (Å²) in [5.41, 5.74) is 0. The Balaban J connectivity index is 1.04. The van der Waals surface area contributed by atoms with Crippen molar-refractivity contribution >= 4 is 53.4 Å². The van der Waals surface area contributed by atoms with Crippen LogP contribution in [-0.2, 0) is 61.9 Å². The summed E-state index contributed by atoms with van der Waals surface area (Å²) in [5, 5.41) is 114. The maximum atomic E-state index is 12.9. The van der Waals surface area contributed by atoms with Crippen molar-refractivity contribution < 1.29 is 113 Å². The van der Waals surface area contributed by atoms with E-state index in [-0.39, 0.29) is 36.5 Å². The van der Waals surface area contributed by atoms with Gasteiger partial charge in [0.2, 0.25) is 23.6 Å². The molecule has 0 aromatic heterocycles. The number of carbonyl (C=O) groups excluding carboxylic acids is 6. The lowest BCUT2D eigenvalue weighted by Crippen LogP contribution is -2.69. The third kappa shape index (κ3) is 18.2. The van der Waals surface area contributed by atoms with Gasteiger partial charge in [0, 0.05) is 70.7 Å². The zero-order valence-corrected chi connectivity index (χ0v) is 44.8. The normalized spacial score (nSPS) is 34.3. The molecule has 0 aromatic rings. The van der Waals surface area contributed by atoms with E-state index in [9.17, 15) is 79.5 Å². The minimum atomic E-state index is -2.92. The number of ether oxygens (including phenoxy) is 7. The number of aliphatic hydroxyl groups excluding tert-OH is 8. The van der Waals surface area contributed by atoms with Crippen LogP contribution in [-0.4, -0.2) is 248 Å². The number of carboxylic acid groups (broad SMARTS) is 1. The molecule has 5 fully saturated rings. The molecule has 30 heteroatoms. The molecule has 5 aliphatic rings. The Hall–Kier alpha value is -4.12. The first-order chi connectivity index (χ1) is 37.1. The van der Waals surface area contributed by atoms with Crippen molar-refractivity contribution in [3.05, 3.63) is 0 Å². The number of esters is 1. The Labute approximate surface area is 454 Å². The molecule has 19 atom stereocenters. The number of rotatable bonds is 31. The Morgan fingerprint density at radius 3 is 2.01 bits per heavy atom. The van der Waals surface area contributed by atoms with Crippen molar-refractivity contribution in [1.82, 2.24) is 31.9 Å². The molecule has 0 aliphatic carbocycles. The fourth-order valence-corrected chi connectivity index (χ4v) is 11.5. The maximum absolute atomic E-state index is 12.9. The highest BCUT2D eigenvalue weighted by Gasteiger charge is 2.58. The number of hydrogen-bond acceptors (Lipinski definition) is 23. The van der Waals surface area contributed by atoms with Gasteiger partial charge in [0.15, 0.2) is 18.7 Å². The number of carbonyl (C=O) groups is 7. The average Bonchev–Trinajstić information content (AvgIpc) is 3.97. The van der Waals surface area contributed by atoms with Crippen molar-refractivity contribution in [3.63, 3.8) is 0 Å². The molecule has 29 nitrogen and oxygen atoms in total. The quantitative estimate of drug-likeness (QED) is 0.0176. The van der Waals surface area contributed by atoms with Crippen molar-refractivity contribution in [2.45, 2.75) is 213 Å². The second-order valence-electron chi connectivity index (χ2n) is 20.1. The van der Waals surface area contributed by atoms with Gasteiger partial charge in [-0.15, -0.1) is 0 Å². The number of nitrogens with one attached hydrogen (secondary N) is 6. The van der Waals surface area contributed by atoms with Gasteiger partial charge in [-0.2, -0.15) is 11.8 Å². The van der Waals surface area contributed by atoms with Crippen LogP contribution < -0.4 is 31.9 Å². The molecule has 78 heavy (non-hydrogen) atoms. The SMILES string of the molecule is CC(=O)N[C@H]1[C@H](OCCCCCNC(=O)CCCCCNC(=O)CCCC[C@@H]2SC[C@@H]3NC(=O)N[C@@H]32)O[C@H](CO)[C@@H](O[C@@H]2O[C@H](CO[C@]3(C(=O)O)C[C@H](O)[C@@H](NC(C)=O)[C@H]([C@H](OC(C)=O)[C@H](O)CO)O3)[C@H](O)[C@H](O)[C@H]2O)[C@@H]1O. The first-order valence-corrected chi connectivity index (χ1v) is 27.5. The molecular formula is C48H80N6O23S. The first-order valence-electron chi connectivity index (χ1n) is 26.5. The van der Waals surface area contributed by atoms with Gasteiger partial charge in [-0.3, -0.25) is 24.0 Å². The van der Waals surface area contributed by atoms with Gasteiger partial charge in [-0.25, -0.2) is 9.59 Å². The predicted molar refractivity (Wildman–Crippen MR) is 267 cm³/mol. The van der Waals surface area contributed by atoms with E-state index in [1.807, 2.05) is 11.8 Å². The summed E-state index contributed by atoms with van der Waals surface area (Å²) in [7, 11) is 0. The molecular weight excluding hydrogens is 1060 g/mol. The van der Waals surface area contributed by atoms with E-state index in [4.69, 9.17) is 33.2 Å². The number of urea groups is 1. The number of aliphatic carboxylic acids is 1. The van der Waals surface area contributed by atoms with Gasteiger partial charge in [0.1, 0.15) is 61.0 Å². The standard InChI is InChI=1S/C48H80N6O23S/c1-23(57)51-35-27(60)18-48(46(68)69,77-43(35)41(28(61)19-55)73-25(3)59)72-21-30-37(64)39(66)40(67)45(75-30)76-42-29(20-56)74-44(36(38(42)65)52-24(2)58)71-17-11-5-10-16-50-32(62)13-6-4-9-15-49-33(63)14-8-7-12-31-34-26(22-78-31)53-47(70)54-34/h26-31,34-45,55-56,60-61,64-67H,4-22H2,1-3H3,(H,49,63)(H,50,62)(H,51,57)(H,52,58)(H,68,69)(H2,53,54,70)/t26-,27-,28+,29+,30+,31-,34-,35+,36+,37-,38+,39-,40+,41+,42+,43+,44+,45-,48+/m0/s1. The van der Waals surface area contributed by atoms with Crippen LogP contribution in [0.1, 0.15) is 97.8 Å². The number of fused-ring (bicyclic) bond motifs is 1.